The molecule has 1 aromatic rings. The Hall–Kier alpha value is -1.32. The maximum absolute atomic E-state index is 4.34. The highest BCUT2D eigenvalue weighted by Crippen LogP contribution is 2.02. The van der Waals surface area contributed by atoms with Crippen molar-refractivity contribution < 1.29 is 0 Å². The molecule has 1 N–H and O–H groups in total. The molecule has 1 aliphatic rings. The van der Waals surface area contributed by atoms with E-state index < -0.39 is 0 Å². The van der Waals surface area contributed by atoms with Crippen LogP contribution in [0.2, 0.25) is 0 Å². The summed E-state index contributed by atoms with van der Waals surface area (Å²) in [5.41, 5.74) is 0. The van der Waals surface area contributed by atoms with Gasteiger partial charge in [-0.25, -0.2) is 4.98 Å². The summed E-state index contributed by atoms with van der Waals surface area (Å²) in [6.45, 7) is 2.96. The van der Waals surface area contributed by atoms with E-state index in [1.165, 1.54) is 0 Å². The third-order valence-electron chi connectivity index (χ3n) is 1.94. The Labute approximate surface area is 71.3 Å². The largest absolute Gasteiger partial charge is 0.363 e. The van der Waals surface area contributed by atoms with E-state index in [4.69, 9.17) is 0 Å². The number of hydrogen-bond donors (Lipinski definition) is 1. The summed E-state index contributed by atoms with van der Waals surface area (Å²) < 4.78 is 1.96. The van der Waals surface area contributed by atoms with Crippen LogP contribution in [-0.2, 0) is 7.05 Å². The zero-order chi connectivity index (χ0) is 8.55. The van der Waals surface area contributed by atoms with Crippen molar-refractivity contribution in [1.82, 2.24) is 14.9 Å². The van der Waals surface area contributed by atoms with Crippen molar-refractivity contribution in [2.24, 2.45) is 12.0 Å². The van der Waals surface area contributed by atoms with Gasteiger partial charge in [0.25, 0.3) is 0 Å². The Morgan fingerprint density at radius 3 is 3.00 bits per heavy atom. The van der Waals surface area contributed by atoms with E-state index in [0.29, 0.717) is 6.04 Å². The van der Waals surface area contributed by atoms with E-state index in [9.17, 15) is 0 Å². The first-order valence-corrected chi connectivity index (χ1v) is 4.06. The van der Waals surface area contributed by atoms with Gasteiger partial charge in [-0.05, 0) is 6.92 Å². The molecule has 12 heavy (non-hydrogen) atoms. The van der Waals surface area contributed by atoms with Crippen LogP contribution in [0.3, 0.4) is 0 Å². The van der Waals surface area contributed by atoms with Gasteiger partial charge in [-0.15, -0.1) is 0 Å². The second-order valence-electron chi connectivity index (χ2n) is 3.10. The lowest BCUT2D eigenvalue weighted by atomic mass is 10.4. The molecule has 0 saturated carbocycles. The molecule has 64 valence electrons. The summed E-state index contributed by atoms with van der Waals surface area (Å²) >= 11 is 0. The number of aryl methyl sites for hydroxylation is 1. The van der Waals surface area contributed by atoms with E-state index in [1.807, 2.05) is 17.8 Å². The number of amidine groups is 1. The molecule has 2 rings (SSSR count). The standard InChI is InChI=1S/C8H12N4/c1-6-5-10-7(11-6)8-9-3-4-12(8)2/h3-4,6H,5H2,1-2H3,(H,10,11). The second-order valence-corrected chi connectivity index (χ2v) is 3.10. The summed E-state index contributed by atoms with van der Waals surface area (Å²) in [6, 6.07) is 0.441. The molecule has 0 spiro atoms. The van der Waals surface area contributed by atoms with E-state index >= 15 is 0 Å². The SMILES string of the molecule is CC1CN=C(c2nccn2C)N1. The molecule has 0 aliphatic carbocycles. The number of nitrogens with zero attached hydrogens (tertiary/aromatic N) is 3. The van der Waals surface area contributed by atoms with Crippen molar-refractivity contribution in [3.63, 3.8) is 0 Å². The highest BCUT2D eigenvalue weighted by Gasteiger charge is 2.16. The van der Waals surface area contributed by atoms with Crippen molar-refractivity contribution in [2.45, 2.75) is 13.0 Å². The molecule has 4 nitrogen and oxygen atoms in total. The number of nitrogens with one attached hydrogen (secondary N) is 1. The molecule has 2 heterocycles. The average molecular weight is 164 g/mol. The molecule has 0 amide bonds. The van der Waals surface area contributed by atoms with Crippen molar-refractivity contribution >= 4 is 5.84 Å². The fourth-order valence-corrected chi connectivity index (χ4v) is 1.28. The molecule has 1 aromatic heterocycles. The maximum Gasteiger partial charge on any atom is 0.175 e. The lowest BCUT2D eigenvalue weighted by molar-refractivity contribution is 0.723. The number of hydrogen-bond acceptors (Lipinski definition) is 3. The predicted octanol–water partition coefficient (Wildman–Crippen LogP) is 0.158. The molecule has 1 atom stereocenters. The number of aliphatic imine (C=N–C) groups is 1. The quantitative estimate of drug-likeness (QED) is 0.642. The molecule has 1 aliphatic heterocycles. The van der Waals surface area contributed by atoms with Crippen LogP contribution in [0.5, 0.6) is 0 Å². The van der Waals surface area contributed by atoms with Gasteiger partial charge >= 0.3 is 0 Å². The van der Waals surface area contributed by atoms with Crippen LogP contribution in [0.25, 0.3) is 0 Å². The van der Waals surface area contributed by atoms with Gasteiger partial charge in [0.05, 0.1) is 6.54 Å². The van der Waals surface area contributed by atoms with Gasteiger partial charge in [0.2, 0.25) is 0 Å². The average Bonchev–Trinajstić information content (AvgIpc) is 2.58. The van der Waals surface area contributed by atoms with E-state index in [2.05, 4.69) is 22.2 Å². The number of imidazole rings is 1. The fourth-order valence-electron chi connectivity index (χ4n) is 1.28. The van der Waals surface area contributed by atoms with Crippen LogP contribution in [-0.4, -0.2) is 28.0 Å². The highest BCUT2D eigenvalue weighted by molar-refractivity contribution is 5.97. The van der Waals surface area contributed by atoms with E-state index in [0.717, 1.165) is 18.2 Å². The van der Waals surface area contributed by atoms with Crippen LogP contribution in [0.4, 0.5) is 0 Å². The Bertz CT molecular complexity index is 313. The summed E-state index contributed by atoms with van der Waals surface area (Å²) in [6.07, 6.45) is 3.70. The summed E-state index contributed by atoms with van der Waals surface area (Å²) in [5, 5.41) is 3.26. The van der Waals surface area contributed by atoms with Gasteiger partial charge in [0, 0.05) is 25.5 Å². The van der Waals surface area contributed by atoms with Crippen molar-refractivity contribution in [3.05, 3.63) is 18.2 Å². The third kappa shape index (κ3) is 1.09. The molecule has 0 radical (unpaired) electrons. The molecular formula is C8H12N4. The lowest BCUT2D eigenvalue weighted by Crippen LogP contribution is -2.29. The van der Waals surface area contributed by atoms with Crippen LogP contribution < -0.4 is 5.32 Å². The van der Waals surface area contributed by atoms with E-state index in [-0.39, 0.29) is 0 Å². The Balaban J connectivity index is 2.27. The summed E-state index contributed by atoms with van der Waals surface area (Å²) in [4.78, 5) is 8.54. The minimum absolute atomic E-state index is 0.441. The Morgan fingerprint density at radius 1 is 1.67 bits per heavy atom. The topological polar surface area (TPSA) is 42.2 Å². The van der Waals surface area contributed by atoms with Gasteiger partial charge in [0.1, 0.15) is 0 Å². The molecule has 1 unspecified atom stereocenters. The smallest absolute Gasteiger partial charge is 0.175 e. The van der Waals surface area contributed by atoms with E-state index in [1.54, 1.807) is 6.20 Å². The normalized spacial score (nSPS) is 22.2. The van der Waals surface area contributed by atoms with Gasteiger partial charge in [-0.3, -0.25) is 4.99 Å². The minimum Gasteiger partial charge on any atom is -0.363 e. The zero-order valence-corrected chi connectivity index (χ0v) is 7.28. The Morgan fingerprint density at radius 2 is 2.50 bits per heavy atom. The first-order valence-electron chi connectivity index (χ1n) is 4.06. The van der Waals surface area contributed by atoms with Crippen molar-refractivity contribution in [3.8, 4) is 0 Å². The van der Waals surface area contributed by atoms with Crippen LogP contribution in [0, 0.1) is 0 Å². The van der Waals surface area contributed by atoms with Gasteiger partial charge in [0.15, 0.2) is 11.7 Å². The Kier molecular flexibility index (Phi) is 1.60. The van der Waals surface area contributed by atoms with Crippen molar-refractivity contribution in [2.75, 3.05) is 6.54 Å². The fraction of sp³-hybridized carbons (Fsp3) is 0.500. The minimum atomic E-state index is 0.441. The molecule has 4 heteroatoms. The molecule has 0 fully saturated rings. The molecule has 0 saturated heterocycles. The van der Waals surface area contributed by atoms with Gasteiger partial charge in [-0.1, -0.05) is 0 Å². The molecular weight excluding hydrogens is 152 g/mol. The molecule has 0 aromatic carbocycles. The van der Waals surface area contributed by atoms with Crippen LogP contribution >= 0.6 is 0 Å². The lowest BCUT2D eigenvalue weighted by Gasteiger charge is -2.04. The van der Waals surface area contributed by atoms with Gasteiger partial charge < -0.3 is 9.88 Å². The zero-order valence-electron chi connectivity index (χ0n) is 7.28. The van der Waals surface area contributed by atoms with Gasteiger partial charge in [-0.2, -0.15) is 0 Å². The third-order valence-corrected chi connectivity index (χ3v) is 1.94. The highest BCUT2D eigenvalue weighted by atomic mass is 15.2. The number of rotatable bonds is 1. The summed E-state index contributed by atoms with van der Waals surface area (Å²) in [5.74, 6) is 1.83. The molecule has 0 bridgehead atoms. The predicted molar refractivity (Wildman–Crippen MR) is 47.2 cm³/mol. The monoisotopic (exact) mass is 164 g/mol. The first kappa shape index (κ1) is 7.34. The van der Waals surface area contributed by atoms with Crippen LogP contribution in [0.1, 0.15) is 12.7 Å². The van der Waals surface area contributed by atoms with Crippen molar-refractivity contribution in [1.29, 1.82) is 0 Å². The summed E-state index contributed by atoms with van der Waals surface area (Å²) in [7, 11) is 1.97. The van der Waals surface area contributed by atoms with Crippen LogP contribution in [0.15, 0.2) is 17.4 Å². The maximum atomic E-state index is 4.34. The first-order chi connectivity index (χ1) is 5.77. The number of aromatic nitrogens is 2. The second kappa shape index (κ2) is 2.62.